The van der Waals surface area contributed by atoms with E-state index in [1.165, 1.54) is 26.4 Å². The minimum atomic E-state index is -1.56. The van der Waals surface area contributed by atoms with Crippen LogP contribution in [0.25, 0.3) is 0 Å². The van der Waals surface area contributed by atoms with E-state index in [2.05, 4.69) is 15.3 Å². The number of aryl methyl sites for hydroxylation is 1. The number of nitrogens with zero attached hydrogens (tertiary/aromatic N) is 5. The summed E-state index contributed by atoms with van der Waals surface area (Å²) in [7, 11) is 3.23. The number of aromatic nitrogens is 5. The third-order valence-electron chi connectivity index (χ3n) is 6.18. The first-order chi connectivity index (χ1) is 18.1. The lowest BCUT2D eigenvalue weighted by Gasteiger charge is -2.30. The van der Waals surface area contributed by atoms with Crippen molar-refractivity contribution in [3.63, 3.8) is 0 Å². The quantitative estimate of drug-likeness (QED) is 0.326. The first kappa shape index (κ1) is 27.3. The molecule has 0 fully saturated rings. The van der Waals surface area contributed by atoms with E-state index in [1.54, 1.807) is 62.6 Å². The van der Waals surface area contributed by atoms with Gasteiger partial charge in [0.25, 0.3) is 11.5 Å². The van der Waals surface area contributed by atoms with Crippen molar-refractivity contribution in [2.45, 2.75) is 31.5 Å². The average Bonchev–Trinajstić information content (AvgIpc) is 3.27. The highest BCUT2D eigenvalue weighted by Crippen LogP contribution is 2.33. The normalized spacial score (nSPS) is 11.5. The summed E-state index contributed by atoms with van der Waals surface area (Å²) in [5.74, 6) is -0.339. The van der Waals surface area contributed by atoms with Crippen molar-refractivity contribution < 1.29 is 9.90 Å². The molecule has 0 aliphatic heterocycles. The average molecular weight is 557 g/mol. The second-order valence-electron chi connectivity index (χ2n) is 9.02. The fourth-order valence-electron chi connectivity index (χ4n) is 4.14. The van der Waals surface area contributed by atoms with E-state index >= 15 is 0 Å². The highest BCUT2D eigenvalue weighted by molar-refractivity contribution is 6.30. The molecule has 38 heavy (non-hydrogen) atoms. The first-order valence-corrected chi connectivity index (χ1v) is 12.5. The molecule has 0 saturated heterocycles. The summed E-state index contributed by atoms with van der Waals surface area (Å²) >= 11 is 12.2. The topological polar surface area (TPSA) is 126 Å². The van der Waals surface area contributed by atoms with Crippen LogP contribution in [0.4, 0.5) is 0 Å². The molecule has 2 aromatic carbocycles. The molecule has 198 valence electrons. The zero-order chi connectivity index (χ0) is 27.4. The molecule has 2 heterocycles. The van der Waals surface area contributed by atoms with Gasteiger partial charge in [0.05, 0.1) is 12.2 Å². The van der Waals surface area contributed by atoms with Crippen LogP contribution in [0.1, 0.15) is 33.7 Å². The molecule has 4 aromatic rings. The van der Waals surface area contributed by atoms with Crippen LogP contribution in [0, 0.1) is 0 Å². The van der Waals surface area contributed by atoms with Crippen LogP contribution >= 0.6 is 23.2 Å². The summed E-state index contributed by atoms with van der Waals surface area (Å²) in [6.45, 7) is 0.229. The van der Waals surface area contributed by atoms with Crippen molar-refractivity contribution in [2.24, 2.45) is 0 Å². The number of halogens is 2. The van der Waals surface area contributed by atoms with Crippen LogP contribution in [-0.4, -0.2) is 54.6 Å². The molecule has 12 heteroatoms. The number of benzene rings is 2. The molecule has 0 aliphatic rings. The number of amides is 1. The number of aliphatic hydroxyl groups is 1. The van der Waals surface area contributed by atoms with Crippen molar-refractivity contribution in [1.82, 2.24) is 29.4 Å². The molecule has 4 rings (SSSR count). The SMILES string of the molecule is CN(C)C(=O)c1nnn(CC(O)(c2ccc(Cl)cc2)c2ccc(Cl)cc2)c1CCCn1ccc(=O)[nH]c1=O. The maximum atomic E-state index is 12.9. The standard InChI is InChI=1S/C26H26Cl2N6O4/c1-32(2)24(36)23-21(4-3-14-33-15-13-22(35)29-25(33)37)34(31-30-23)16-26(38,17-5-9-19(27)10-6-17)18-7-11-20(28)12-8-18/h5-13,15,38H,3-4,14,16H2,1-2H3,(H,29,35,37). The number of carbonyl (C=O) groups is 1. The summed E-state index contributed by atoms with van der Waals surface area (Å²) in [6, 6.07) is 14.9. The highest BCUT2D eigenvalue weighted by Gasteiger charge is 2.35. The van der Waals surface area contributed by atoms with E-state index in [1.807, 2.05) is 0 Å². The van der Waals surface area contributed by atoms with Gasteiger partial charge >= 0.3 is 5.69 Å². The minimum Gasteiger partial charge on any atom is -0.378 e. The number of carbonyl (C=O) groups excluding carboxylic acids is 1. The summed E-state index contributed by atoms with van der Waals surface area (Å²) in [5.41, 5.74) is -0.784. The van der Waals surface area contributed by atoms with Crippen molar-refractivity contribution in [3.8, 4) is 0 Å². The van der Waals surface area contributed by atoms with Gasteiger partial charge in [0.2, 0.25) is 0 Å². The Morgan fingerprint density at radius 3 is 2.11 bits per heavy atom. The molecular weight excluding hydrogens is 531 g/mol. The van der Waals surface area contributed by atoms with Gasteiger partial charge in [-0.3, -0.25) is 14.6 Å². The number of H-pyrrole nitrogens is 1. The number of aromatic amines is 1. The predicted molar refractivity (Wildman–Crippen MR) is 144 cm³/mol. The van der Waals surface area contributed by atoms with Crippen molar-refractivity contribution >= 4 is 29.1 Å². The zero-order valence-corrected chi connectivity index (χ0v) is 22.3. The lowest BCUT2D eigenvalue weighted by molar-refractivity contribution is 0.0556. The molecule has 0 atom stereocenters. The summed E-state index contributed by atoms with van der Waals surface area (Å²) in [4.78, 5) is 40.0. The molecule has 2 N–H and O–H groups in total. The second-order valence-corrected chi connectivity index (χ2v) is 9.90. The Balaban J connectivity index is 1.72. The molecule has 0 radical (unpaired) electrons. The van der Waals surface area contributed by atoms with Gasteiger partial charge < -0.3 is 14.6 Å². The third-order valence-corrected chi connectivity index (χ3v) is 6.68. The van der Waals surface area contributed by atoms with E-state index in [0.29, 0.717) is 39.7 Å². The van der Waals surface area contributed by atoms with Crippen LogP contribution < -0.4 is 11.2 Å². The largest absolute Gasteiger partial charge is 0.378 e. The van der Waals surface area contributed by atoms with Crippen LogP contribution in [0.2, 0.25) is 10.0 Å². The molecule has 10 nitrogen and oxygen atoms in total. The van der Waals surface area contributed by atoms with Crippen LogP contribution in [-0.2, 0) is 25.1 Å². The predicted octanol–water partition coefficient (Wildman–Crippen LogP) is 2.71. The summed E-state index contributed by atoms with van der Waals surface area (Å²) in [6.07, 6.45) is 2.18. The summed E-state index contributed by atoms with van der Waals surface area (Å²) in [5, 5.41) is 21.5. The highest BCUT2D eigenvalue weighted by atomic mass is 35.5. The van der Waals surface area contributed by atoms with E-state index in [0.717, 1.165) is 0 Å². The molecule has 0 spiro atoms. The molecule has 2 aromatic heterocycles. The molecule has 1 amide bonds. The Kier molecular flexibility index (Phi) is 8.15. The van der Waals surface area contributed by atoms with E-state index < -0.39 is 16.9 Å². The fraction of sp³-hybridized carbons (Fsp3) is 0.269. The Morgan fingerprint density at radius 2 is 1.58 bits per heavy atom. The minimum absolute atomic E-state index is 0.0576. The van der Waals surface area contributed by atoms with Gasteiger partial charge in [0.15, 0.2) is 5.69 Å². The maximum absolute atomic E-state index is 12.9. The van der Waals surface area contributed by atoms with Crippen LogP contribution in [0.3, 0.4) is 0 Å². The molecule has 0 aliphatic carbocycles. The first-order valence-electron chi connectivity index (χ1n) is 11.8. The number of hydrogen-bond acceptors (Lipinski definition) is 6. The Morgan fingerprint density at radius 1 is 1.00 bits per heavy atom. The van der Waals surface area contributed by atoms with Gasteiger partial charge in [-0.15, -0.1) is 5.10 Å². The number of hydrogen-bond donors (Lipinski definition) is 2. The number of rotatable bonds is 9. The molecular formula is C26H26Cl2N6O4. The van der Waals surface area contributed by atoms with Crippen molar-refractivity contribution in [2.75, 3.05) is 14.1 Å². The lowest BCUT2D eigenvalue weighted by Crippen LogP contribution is -2.34. The monoisotopic (exact) mass is 556 g/mol. The zero-order valence-electron chi connectivity index (χ0n) is 20.8. The van der Waals surface area contributed by atoms with Gasteiger partial charge in [0.1, 0.15) is 5.60 Å². The van der Waals surface area contributed by atoms with Gasteiger partial charge in [-0.25, -0.2) is 9.48 Å². The number of nitrogens with one attached hydrogen (secondary N) is 1. The second kappa shape index (κ2) is 11.3. The Bertz CT molecular complexity index is 1500. The fourth-order valence-corrected chi connectivity index (χ4v) is 4.39. The van der Waals surface area contributed by atoms with E-state index in [4.69, 9.17) is 23.2 Å². The molecule has 0 saturated carbocycles. The van der Waals surface area contributed by atoms with E-state index in [-0.39, 0.29) is 24.7 Å². The Hall–Kier alpha value is -3.73. The smallest absolute Gasteiger partial charge is 0.328 e. The maximum Gasteiger partial charge on any atom is 0.328 e. The van der Waals surface area contributed by atoms with Crippen molar-refractivity contribution in [3.05, 3.63) is 114 Å². The van der Waals surface area contributed by atoms with Crippen LogP contribution in [0.15, 0.2) is 70.4 Å². The van der Waals surface area contributed by atoms with Crippen molar-refractivity contribution in [1.29, 1.82) is 0 Å². The molecule has 0 unspecified atom stereocenters. The van der Waals surface area contributed by atoms with Crippen LogP contribution in [0.5, 0.6) is 0 Å². The lowest BCUT2D eigenvalue weighted by atomic mass is 9.86. The van der Waals surface area contributed by atoms with Gasteiger partial charge in [-0.05, 0) is 48.2 Å². The van der Waals surface area contributed by atoms with Gasteiger partial charge in [-0.2, -0.15) is 0 Å². The van der Waals surface area contributed by atoms with Gasteiger partial charge in [-0.1, -0.05) is 52.7 Å². The third kappa shape index (κ3) is 5.88. The summed E-state index contributed by atoms with van der Waals surface area (Å²) < 4.78 is 2.89. The Labute approximate surface area is 228 Å². The molecule has 0 bridgehead atoms. The van der Waals surface area contributed by atoms with Gasteiger partial charge in [0, 0.05) is 42.9 Å². The van der Waals surface area contributed by atoms with E-state index in [9.17, 15) is 19.5 Å².